The summed E-state index contributed by atoms with van der Waals surface area (Å²) in [5.74, 6) is 2.72. The van der Waals surface area contributed by atoms with Crippen LogP contribution in [-0.2, 0) is 11.2 Å². The zero-order valence-electron chi connectivity index (χ0n) is 17.0. The highest BCUT2D eigenvalue weighted by atomic mass is 127. The Morgan fingerprint density at radius 1 is 1.10 bits per heavy atom. The van der Waals surface area contributed by atoms with Gasteiger partial charge in [-0.25, -0.2) is 0 Å². The second-order valence-corrected chi connectivity index (χ2v) is 6.16. The molecule has 158 valence electrons. The van der Waals surface area contributed by atoms with Crippen LogP contribution in [-0.4, -0.2) is 45.0 Å². The van der Waals surface area contributed by atoms with Gasteiger partial charge in [0.05, 0.1) is 6.54 Å². The number of amides is 2. The van der Waals surface area contributed by atoms with Crippen LogP contribution < -0.4 is 21.3 Å². The molecule has 0 spiro atoms. The van der Waals surface area contributed by atoms with E-state index in [1.54, 1.807) is 44.4 Å². The van der Waals surface area contributed by atoms with Crippen LogP contribution in [0.25, 0.3) is 0 Å². The summed E-state index contributed by atoms with van der Waals surface area (Å²) in [4.78, 5) is 27.9. The Bertz CT molecular complexity index is 937. The first-order valence-electron chi connectivity index (χ1n) is 9.17. The van der Waals surface area contributed by atoms with Crippen LogP contribution in [0.4, 0.5) is 5.69 Å². The normalized spacial score (nSPS) is 10.2. The van der Waals surface area contributed by atoms with E-state index in [0.717, 1.165) is 5.56 Å². The number of hydrogen-bond donors (Lipinski definition) is 4. The Labute approximate surface area is 194 Å². The Balaban J connectivity index is 0.00000450. The molecule has 4 N–H and O–H groups in total. The third-order valence-corrected chi connectivity index (χ3v) is 4.08. The van der Waals surface area contributed by atoms with Gasteiger partial charge in [0.2, 0.25) is 5.91 Å². The van der Waals surface area contributed by atoms with Crippen LogP contribution in [0.3, 0.4) is 0 Å². The number of aliphatic imine (C=N–C) groups is 1. The Morgan fingerprint density at radius 3 is 2.57 bits per heavy atom. The van der Waals surface area contributed by atoms with Gasteiger partial charge in [-0.15, -0.1) is 30.4 Å². The summed E-state index contributed by atoms with van der Waals surface area (Å²) in [7, 11) is 3.24. The van der Waals surface area contributed by atoms with Crippen LogP contribution >= 0.6 is 24.0 Å². The van der Waals surface area contributed by atoms with E-state index >= 15 is 0 Å². The largest absolute Gasteiger partial charge is 0.356 e. The monoisotopic (exact) mass is 519 g/mol. The first-order valence-corrected chi connectivity index (χ1v) is 9.17. The van der Waals surface area contributed by atoms with Crippen molar-refractivity contribution in [2.24, 2.45) is 4.99 Å². The van der Waals surface area contributed by atoms with Crippen molar-refractivity contribution < 1.29 is 9.59 Å². The smallest absolute Gasteiger partial charge is 0.251 e. The van der Waals surface area contributed by atoms with E-state index in [0.29, 0.717) is 35.7 Å². The van der Waals surface area contributed by atoms with Gasteiger partial charge in [0, 0.05) is 37.5 Å². The van der Waals surface area contributed by atoms with Crippen molar-refractivity contribution >= 4 is 47.4 Å². The molecule has 8 heteroatoms. The number of nitrogens with zero attached hydrogens (tertiary/aromatic N) is 1. The fraction of sp³-hybridized carbons (Fsp3) is 0.227. The molecule has 0 atom stereocenters. The molecule has 30 heavy (non-hydrogen) atoms. The quantitative estimate of drug-likeness (QED) is 0.195. The maximum atomic E-state index is 12.1. The van der Waals surface area contributed by atoms with E-state index in [-0.39, 0.29) is 42.3 Å². The van der Waals surface area contributed by atoms with E-state index in [1.165, 1.54) is 0 Å². The molecule has 0 saturated carbocycles. The van der Waals surface area contributed by atoms with E-state index in [1.807, 2.05) is 18.2 Å². The number of halogens is 1. The summed E-state index contributed by atoms with van der Waals surface area (Å²) in [6, 6.07) is 14.5. The molecule has 0 heterocycles. The number of rotatable bonds is 7. The zero-order valence-corrected chi connectivity index (χ0v) is 19.3. The predicted octanol–water partition coefficient (Wildman–Crippen LogP) is 1.99. The van der Waals surface area contributed by atoms with Gasteiger partial charge in [-0.2, -0.15) is 0 Å². The number of nitrogens with one attached hydrogen (secondary N) is 4. The summed E-state index contributed by atoms with van der Waals surface area (Å²) < 4.78 is 0. The molecule has 2 aromatic carbocycles. The average molecular weight is 519 g/mol. The maximum Gasteiger partial charge on any atom is 0.251 e. The molecule has 2 aromatic rings. The molecule has 2 rings (SSSR count). The first-order chi connectivity index (χ1) is 14.0. The van der Waals surface area contributed by atoms with Gasteiger partial charge in [-0.1, -0.05) is 24.1 Å². The molecule has 2 amide bonds. The number of hydrogen-bond acceptors (Lipinski definition) is 3. The maximum absolute atomic E-state index is 12.1. The number of benzene rings is 2. The van der Waals surface area contributed by atoms with Crippen molar-refractivity contribution in [3.8, 4) is 12.3 Å². The van der Waals surface area contributed by atoms with Crippen molar-refractivity contribution in [1.82, 2.24) is 16.0 Å². The highest BCUT2D eigenvalue weighted by Gasteiger charge is 2.06. The molecule has 0 saturated heterocycles. The number of carbonyl (C=O) groups excluding carboxylic acids is 2. The molecular weight excluding hydrogens is 493 g/mol. The van der Waals surface area contributed by atoms with Crippen molar-refractivity contribution in [3.63, 3.8) is 0 Å². The summed E-state index contributed by atoms with van der Waals surface area (Å²) in [5.41, 5.74) is 3.00. The van der Waals surface area contributed by atoms with Gasteiger partial charge in [0.15, 0.2) is 5.96 Å². The van der Waals surface area contributed by atoms with E-state index in [4.69, 9.17) is 6.42 Å². The molecule has 7 nitrogen and oxygen atoms in total. The van der Waals surface area contributed by atoms with E-state index in [9.17, 15) is 9.59 Å². The summed E-state index contributed by atoms with van der Waals surface area (Å²) >= 11 is 0. The predicted molar refractivity (Wildman–Crippen MR) is 131 cm³/mol. The van der Waals surface area contributed by atoms with Crippen molar-refractivity contribution in [2.75, 3.05) is 32.5 Å². The lowest BCUT2D eigenvalue weighted by atomic mass is 10.1. The molecule has 0 fully saturated rings. The van der Waals surface area contributed by atoms with Gasteiger partial charge in [0.1, 0.15) is 0 Å². The van der Waals surface area contributed by atoms with Crippen molar-refractivity contribution in [3.05, 3.63) is 65.2 Å². The third kappa shape index (κ3) is 8.13. The second-order valence-electron chi connectivity index (χ2n) is 6.16. The molecule has 0 bridgehead atoms. The van der Waals surface area contributed by atoms with Crippen LogP contribution in [0.2, 0.25) is 0 Å². The minimum atomic E-state index is -0.208. The van der Waals surface area contributed by atoms with Gasteiger partial charge >= 0.3 is 0 Å². The molecule has 0 aliphatic heterocycles. The Hall–Kier alpha value is -3.06. The SMILES string of the molecule is C#Cc1cccc(NC(=O)CNC(=NC)NCCc2cccc(C(=O)NC)c2)c1.I. The summed E-state index contributed by atoms with van der Waals surface area (Å²) in [5, 5.41) is 11.5. The fourth-order valence-electron chi connectivity index (χ4n) is 2.61. The molecular formula is C22H26IN5O2. The number of carbonyl (C=O) groups is 2. The second kappa shape index (κ2) is 13.2. The molecule has 0 aromatic heterocycles. The van der Waals surface area contributed by atoms with Crippen LogP contribution in [0.5, 0.6) is 0 Å². The molecule has 0 radical (unpaired) electrons. The van der Waals surface area contributed by atoms with Gasteiger partial charge in [0.25, 0.3) is 5.91 Å². The standard InChI is InChI=1S/C22H25N5O2.HI/c1-4-16-7-6-10-19(14-16)27-20(28)15-26-22(24-3)25-12-11-17-8-5-9-18(13-17)21(29)23-2;/h1,5-10,13-14H,11-12,15H2,2-3H3,(H,23,29)(H,27,28)(H2,24,25,26);1H. The van der Waals surface area contributed by atoms with Crippen LogP contribution in [0, 0.1) is 12.3 Å². The average Bonchev–Trinajstić information content (AvgIpc) is 2.75. The minimum Gasteiger partial charge on any atom is -0.356 e. The highest BCUT2D eigenvalue weighted by Crippen LogP contribution is 2.09. The van der Waals surface area contributed by atoms with Crippen molar-refractivity contribution in [2.45, 2.75) is 6.42 Å². The number of guanidine groups is 1. The van der Waals surface area contributed by atoms with Gasteiger partial charge in [-0.3, -0.25) is 14.6 Å². The van der Waals surface area contributed by atoms with E-state index < -0.39 is 0 Å². The van der Waals surface area contributed by atoms with Crippen molar-refractivity contribution in [1.29, 1.82) is 0 Å². The molecule has 0 aliphatic carbocycles. The Morgan fingerprint density at radius 2 is 1.87 bits per heavy atom. The lowest BCUT2D eigenvalue weighted by Gasteiger charge is -2.12. The highest BCUT2D eigenvalue weighted by molar-refractivity contribution is 14.0. The zero-order chi connectivity index (χ0) is 21.1. The molecule has 0 unspecified atom stereocenters. The Kier molecular flexibility index (Phi) is 11.0. The number of anilines is 1. The molecule has 0 aliphatic rings. The van der Waals surface area contributed by atoms with Gasteiger partial charge < -0.3 is 21.3 Å². The first kappa shape index (κ1) is 25.0. The van der Waals surface area contributed by atoms with E-state index in [2.05, 4.69) is 32.2 Å². The minimum absolute atomic E-state index is 0. The summed E-state index contributed by atoms with van der Waals surface area (Å²) in [6.07, 6.45) is 6.07. The summed E-state index contributed by atoms with van der Waals surface area (Å²) in [6.45, 7) is 0.662. The number of terminal acetylenes is 1. The lowest BCUT2D eigenvalue weighted by Crippen LogP contribution is -2.42. The fourth-order valence-corrected chi connectivity index (χ4v) is 2.61. The third-order valence-electron chi connectivity index (χ3n) is 4.08. The van der Waals surface area contributed by atoms with Crippen LogP contribution in [0.15, 0.2) is 53.5 Å². The topological polar surface area (TPSA) is 94.6 Å². The van der Waals surface area contributed by atoms with Crippen LogP contribution in [0.1, 0.15) is 21.5 Å². The van der Waals surface area contributed by atoms with Gasteiger partial charge in [-0.05, 0) is 42.3 Å². The lowest BCUT2D eigenvalue weighted by molar-refractivity contribution is -0.115.